The number of benzene rings is 1. The Hall–Kier alpha value is -3.41. The number of likely N-dealkylation sites (N-methyl/N-ethyl adjacent to an activating group) is 1. The standard InChI is InChI=1S/C23H27N9OS/c1-16-14-20(28-27-16)25-22-19-4-3-9-32(19)29-23(26-22)34-18-7-5-17(6-8-18)24-21(33)15-31-12-10-30(2)11-13-31/h3-9,14H,10-13,15H2,1-2H3,(H,24,33)(H2,25,26,27,28,29). The van der Waals surface area contributed by atoms with Crippen molar-refractivity contribution in [3.8, 4) is 0 Å². The predicted octanol–water partition coefficient (Wildman–Crippen LogP) is 2.84. The zero-order valence-electron chi connectivity index (χ0n) is 19.2. The van der Waals surface area contributed by atoms with Crippen LogP contribution in [0.4, 0.5) is 17.3 Å². The molecule has 1 amide bonds. The summed E-state index contributed by atoms with van der Waals surface area (Å²) < 4.78 is 1.80. The maximum absolute atomic E-state index is 12.4. The Labute approximate surface area is 201 Å². The van der Waals surface area contributed by atoms with Crippen LogP contribution in [0, 0.1) is 6.92 Å². The Kier molecular flexibility index (Phi) is 6.48. The third-order valence-corrected chi connectivity index (χ3v) is 6.50. The number of fused-ring (bicyclic) bond motifs is 1. The molecule has 11 heteroatoms. The number of hydrogen-bond acceptors (Lipinski definition) is 8. The molecule has 1 aliphatic heterocycles. The largest absolute Gasteiger partial charge is 0.325 e. The van der Waals surface area contributed by atoms with Crippen molar-refractivity contribution in [2.45, 2.75) is 17.0 Å². The van der Waals surface area contributed by atoms with Crippen molar-refractivity contribution < 1.29 is 4.79 Å². The highest BCUT2D eigenvalue weighted by Crippen LogP contribution is 2.28. The second kappa shape index (κ2) is 9.84. The van der Waals surface area contributed by atoms with Crippen LogP contribution in [-0.4, -0.2) is 80.3 Å². The number of anilines is 3. The van der Waals surface area contributed by atoms with Crippen molar-refractivity contribution in [2.75, 3.05) is 50.4 Å². The van der Waals surface area contributed by atoms with Gasteiger partial charge in [0.1, 0.15) is 5.52 Å². The smallest absolute Gasteiger partial charge is 0.238 e. The number of carbonyl (C=O) groups excluding carboxylic acids is 1. The second-order valence-electron chi connectivity index (χ2n) is 8.40. The summed E-state index contributed by atoms with van der Waals surface area (Å²) in [4.78, 5) is 22.6. The molecule has 0 radical (unpaired) electrons. The Morgan fingerprint density at radius 2 is 1.94 bits per heavy atom. The van der Waals surface area contributed by atoms with Gasteiger partial charge in [-0.3, -0.25) is 14.8 Å². The molecule has 0 unspecified atom stereocenters. The summed E-state index contributed by atoms with van der Waals surface area (Å²) in [5.41, 5.74) is 2.61. The third-order valence-electron chi connectivity index (χ3n) is 5.63. The first-order chi connectivity index (χ1) is 16.5. The lowest BCUT2D eigenvalue weighted by atomic mass is 10.3. The van der Waals surface area contributed by atoms with Gasteiger partial charge in [-0.05, 0) is 62.1 Å². The van der Waals surface area contributed by atoms with E-state index in [0.717, 1.165) is 48.0 Å². The minimum atomic E-state index is 0.00988. The number of aromatic amines is 1. The van der Waals surface area contributed by atoms with E-state index in [9.17, 15) is 4.79 Å². The van der Waals surface area contributed by atoms with Crippen LogP contribution in [0.25, 0.3) is 5.52 Å². The molecule has 3 N–H and O–H groups in total. The topological polar surface area (TPSA) is 106 Å². The van der Waals surface area contributed by atoms with Crippen LogP contribution in [0.5, 0.6) is 0 Å². The van der Waals surface area contributed by atoms with E-state index in [-0.39, 0.29) is 5.91 Å². The molecule has 0 saturated carbocycles. The van der Waals surface area contributed by atoms with E-state index in [0.29, 0.717) is 23.3 Å². The Balaban J connectivity index is 1.24. The molecule has 10 nitrogen and oxygen atoms in total. The summed E-state index contributed by atoms with van der Waals surface area (Å²) in [5.74, 6) is 1.39. The molecule has 4 aromatic rings. The molecule has 1 saturated heterocycles. The zero-order chi connectivity index (χ0) is 23.5. The molecule has 4 heterocycles. The fraction of sp³-hybridized carbons (Fsp3) is 0.304. The van der Waals surface area contributed by atoms with Gasteiger partial charge in [0.05, 0.1) is 6.54 Å². The molecule has 34 heavy (non-hydrogen) atoms. The van der Waals surface area contributed by atoms with E-state index in [1.54, 1.807) is 4.52 Å². The van der Waals surface area contributed by atoms with Gasteiger partial charge >= 0.3 is 0 Å². The highest BCUT2D eigenvalue weighted by atomic mass is 32.2. The lowest BCUT2D eigenvalue weighted by Crippen LogP contribution is -2.47. The van der Waals surface area contributed by atoms with Crippen molar-refractivity contribution in [3.63, 3.8) is 0 Å². The Bertz CT molecular complexity index is 1280. The normalized spacial score (nSPS) is 15.0. The number of nitrogens with one attached hydrogen (secondary N) is 3. The molecule has 0 spiro atoms. The molecular weight excluding hydrogens is 450 g/mol. The molecule has 1 aliphatic rings. The van der Waals surface area contributed by atoms with Gasteiger partial charge in [-0.25, -0.2) is 9.50 Å². The fourth-order valence-electron chi connectivity index (χ4n) is 3.77. The summed E-state index contributed by atoms with van der Waals surface area (Å²) in [7, 11) is 2.11. The molecule has 176 valence electrons. The quantitative estimate of drug-likeness (QED) is 0.373. The van der Waals surface area contributed by atoms with E-state index in [2.05, 4.69) is 42.8 Å². The molecule has 0 aliphatic carbocycles. The molecule has 0 bridgehead atoms. The lowest BCUT2D eigenvalue weighted by Gasteiger charge is -2.31. The number of nitrogens with zero attached hydrogens (tertiary/aromatic N) is 6. The Morgan fingerprint density at radius 1 is 1.15 bits per heavy atom. The van der Waals surface area contributed by atoms with Gasteiger partial charge in [-0.15, -0.1) is 5.10 Å². The van der Waals surface area contributed by atoms with Gasteiger partial charge in [-0.1, -0.05) is 0 Å². The van der Waals surface area contributed by atoms with Crippen molar-refractivity contribution in [2.24, 2.45) is 0 Å². The average molecular weight is 478 g/mol. The second-order valence-corrected chi connectivity index (χ2v) is 9.44. The zero-order valence-corrected chi connectivity index (χ0v) is 20.0. The monoisotopic (exact) mass is 477 g/mol. The SMILES string of the molecule is Cc1cc(Nc2nc(Sc3ccc(NC(=O)CN4CCN(C)CC4)cc3)nn3cccc23)n[nH]1. The highest BCUT2D eigenvalue weighted by Gasteiger charge is 2.16. The van der Waals surface area contributed by atoms with Gasteiger partial charge in [0, 0.05) is 54.7 Å². The van der Waals surface area contributed by atoms with Gasteiger partial charge in [-0.2, -0.15) is 5.10 Å². The number of hydrogen-bond donors (Lipinski definition) is 3. The molecule has 1 aromatic carbocycles. The number of H-pyrrole nitrogens is 1. The van der Waals surface area contributed by atoms with Crippen LogP contribution in [0.15, 0.2) is 58.7 Å². The van der Waals surface area contributed by atoms with Crippen LogP contribution >= 0.6 is 11.8 Å². The van der Waals surface area contributed by atoms with Crippen LogP contribution in [0.2, 0.25) is 0 Å². The van der Waals surface area contributed by atoms with Crippen molar-refractivity contribution in [1.29, 1.82) is 0 Å². The van der Waals surface area contributed by atoms with E-state index in [4.69, 9.17) is 4.98 Å². The number of aryl methyl sites for hydroxylation is 1. The number of carbonyl (C=O) groups is 1. The van der Waals surface area contributed by atoms with Crippen LogP contribution in [0.1, 0.15) is 5.69 Å². The Morgan fingerprint density at radius 3 is 2.68 bits per heavy atom. The van der Waals surface area contributed by atoms with Crippen molar-refractivity contribution in [1.82, 2.24) is 34.6 Å². The summed E-state index contributed by atoms with van der Waals surface area (Å²) in [5, 5.41) is 18.6. The van der Waals surface area contributed by atoms with E-state index < -0.39 is 0 Å². The highest BCUT2D eigenvalue weighted by molar-refractivity contribution is 7.99. The average Bonchev–Trinajstić information content (AvgIpc) is 3.45. The van der Waals surface area contributed by atoms with Crippen LogP contribution in [-0.2, 0) is 4.79 Å². The van der Waals surface area contributed by atoms with E-state index in [1.165, 1.54) is 11.8 Å². The first-order valence-corrected chi connectivity index (χ1v) is 12.0. The number of piperazine rings is 1. The number of aromatic nitrogens is 5. The maximum Gasteiger partial charge on any atom is 0.238 e. The molecule has 3 aromatic heterocycles. The van der Waals surface area contributed by atoms with E-state index >= 15 is 0 Å². The van der Waals surface area contributed by atoms with E-state index in [1.807, 2.05) is 55.6 Å². The van der Waals surface area contributed by atoms with Crippen molar-refractivity contribution in [3.05, 3.63) is 54.4 Å². The summed E-state index contributed by atoms with van der Waals surface area (Å²) in [6.45, 7) is 6.19. The fourth-order valence-corrected chi connectivity index (χ4v) is 4.52. The summed E-state index contributed by atoms with van der Waals surface area (Å²) in [6.07, 6.45) is 1.89. The lowest BCUT2D eigenvalue weighted by molar-refractivity contribution is -0.117. The van der Waals surface area contributed by atoms with Crippen molar-refractivity contribution >= 4 is 40.5 Å². The van der Waals surface area contributed by atoms with Gasteiger partial charge in [0.25, 0.3) is 0 Å². The minimum Gasteiger partial charge on any atom is -0.325 e. The number of rotatable bonds is 7. The molecule has 0 atom stereocenters. The van der Waals surface area contributed by atoms with Gasteiger partial charge in [0.15, 0.2) is 11.6 Å². The molecule has 1 fully saturated rings. The van der Waals surface area contributed by atoms with Gasteiger partial charge in [0.2, 0.25) is 11.1 Å². The minimum absolute atomic E-state index is 0.00988. The first kappa shape index (κ1) is 22.4. The molecular formula is C23H27N9OS. The van der Waals surface area contributed by atoms with Gasteiger partial charge < -0.3 is 15.5 Å². The van der Waals surface area contributed by atoms with Crippen LogP contribution < -0.4 is 10.6 Å². The maximum atomic E-state index is 12.4. The first-order valence-electron chi connectivity index (χ1n) is 11.1. The summed E-state index contributed by atoms with van der Waals surface area (Å²) in [6, 6.07) is 13.5. The third kappa shape index (κ3) is 5.38. The van der Waals surface area contributed by atoms with Crippen LogP contribution in [0.3, 0.4) is 0 Å². The summed E-state index contributed by atoms with van der Waals surface area (Å²) >= 11 is 1.46. The number of amides is 1. The predicted molar refractivity (Wildman–Crippen MR) is 133 cm³/mol. The molecule has 5 rings (SSSR count).